The summed E-state index contributed by atoms with van der Waals surface area (Å²) in [6.45, 7) is 2.64. The highest BCUT2D eigenvalue weighted by Gasteiger charge is 2.12. The van der Waals surface area contributed by atoms with Gasteiger partial charge in [0.15, 0.2) is 5.82 Å². The van der Waals surface area contributed by atoms with Crippen LogP contribution in [0.3, 0.4) is 0 Å². The van der Waals surface area contributed by atoms with Crippen LogP contribution in [0.5, 0.6) is 0 Å². The Morgan fingerprint density at radius 1 is 1.20 bits per heavy atom. The van der Waals surface area contributed by atoms with Crippen LogP contribution in [0.1, 0.15) is 5.69 Å². The lowest BCUT2D eigenvalue weighted by Crippen LogP contribution is -2.21. The van der Waals surface area contributed by atoms with Crippen molar-refractivity contribution in [2.75, 3.05) is 32.2 Å². The first-order valence-electron chi connectivity index (χ1n) is 7.97. The van der Waals surface area contributed by atoms with Crippen molar-refractivity contribution in [2.24, 2.45) is 0 Å². The largest absolute Gasteiger partial charge is 0.382 e. The third kappa shape index (κ3) is 4.20. The first-order valence-corrected chi connectivity index (χ1v) is 7.97. The monoisotopic (exact) mass is 340 g/mol. The normalized spacial score (nSPS) is 11.0. The van der Waals surface area contributed by atoms with Crippen molar-refractivity contribution in [3.63, 3.8) is 0 Å². The molecule has 25 heavy (non-hydrogen) atoms. The fourth-order valence-electron chi connectivity index (χ4n) is 2.42. The van der Waals surface area contributed by atoms with Gasteiger partial charge in [-0.1, -0.05) is 18.2 Å². The molecule has 0 aliphatic rings. The summed E-state index contributed by atoms with van der Waals surface area (Å²) >= 11 is 0. The molecule has 1 aromatic carbocycles. The Labute approximate surface area is 145 Å². The molecule has 3 rings (SSSR count). The Balaban J connectivity index is 1.79. The van der Waals surface area contributed by atoms with E-state index in [9.17, 15) is 4.79 Å². The summed E-state index contributed by atoms with van der Waals surface area (Å²) in [4.78, 5) is 16.7. The van der Waals surface area contributed by atoms with Crippen molar-refractivity contribution >= 4 is 22.6 Å². The second-order valence-corrected chi connectivity index (χ2v) is 5.54. The van der Waals surface area contributed by atoms with E-state index in [2.05, 4.69) is 15.4 Å². The second kappa shape index (κ2) is 7.87. The third-order valence-corrected chi connectivity index (χ3v) is 3.56. The van der Waals surface area contributed by atoms with Gasteiger partial charge in [0.1, 0.15) is 12.4 Å². The number of amides is 1. The van der Waals surface area contributed by atoms with Crippen molar-refractivity contribution < 1.29 is 14.3 Å². The molecule has 0 spiro atoms. The van der Waals surface area contributed by atoms with Crippen molar-refractivity contribution in [3.05, 3.63) is 48.2 Å². The SMILES string of the molecule is COCCOCC(=O)Nc1cc(C)nn1-c1ccc2ccccc2n1. The molecule has 3 aromatic rings. The molecule has 0 atom stereocenters. The first kappa shape index (κ1) is 17.1. The Morgan fingerprint density at radius 2 is 2.04 bits per heavy atom. The highest BCUT2D eigenvalue weighted by atomic mass is 16.5. The first-order chi connectivity index (χ1) is 12.2. The second-order valence-electron chi connectivity index (χ2n) is 5.54. The number of aryl methyl sites for hydroxylation is 1. The van der Waals surface area contributed by atoms with Gasteiger partial charge in [0, 0.05) is 18.6 Å². The van der Waals surface area contributed by atoms with Gasteiger partial charge in [0.05, 0.1) is 24.4 Å². The van der Waals surface area contributed by atoms with Gasteiger partial charge in [-0.15, -0.1) is 0 Å². The molecule has 130 valence electrons. The number of carbonyl (C=O) groups is 1. The van der Waals surface area contributed by atoms with Crippen molar-refractivity contribution in [3.8, 4) is 5.82 Å². The van der Waals surface area contributed by atoms with Gasteiger partial charge < -0.3 is 14.8 Å². The molecule has 0 radical (unpaired) electrons. The molecule has 0 saturated heterocycles. The van der Waals surface area contributed by atoms with Crippen LogP contribution in [-0.2, 0) is 14.3 Å². The maximum Gasteiger partial charge on any atom is 0.251 e. The summed E-state index contributed by atoms with van der Waals surface area (Å²) in [5, 5.41) is 8.29. The molecule has 2 heterocycles. The molecule has 2 aromatic heterocycles. The van der Waals surface area contributed by atoms with Crippen LogP contribution in [0, 0.1) is 6.92 Å². The van der Waals surface area contributed by atoms with Gasteiger partial charge in [-0.2, -0.15) is 9.78 Å². The number of nitrogens with one attached hydrogen (secondary N) is 1. The number of benzene rings is 1. The van der Waals surface area contributed by atoms with E-state index in [1.807, 2.05) is 43.3 Å². The maximum absolute atomic E-state index is 12.0. The predicted molar refractivity (Wildman–Crippen MR) is 94.9 cm³/mol. The zero-order valence-corrected chi connectivity index (χ0v) is 14.2. The molecule has 0 aliphatic heterocycles. The Bertz CT molecular complexity index is 876. The van der Waals surface area contributed by atoms with E-state index in [1.54, 1.807) is 17.9 Å². The number of fused-ring (bicyclic) bond motifs is 1. The van der Waals surface area contributed by atoms with Gasteiger partial charge in [0.25, 0.3) is 5.91 Å². The minimum Gasteiger partial charge on any atom is -0.382 e. The molecule has 0 bridgehead atoms. The van der Waals surface area contributed by atoms with Crippen LogP contribution in [0.15, 0.2) is 42.5 Å². The third-order valence-electron chi connectivity index (χ3n) is 3.56. The van der Waals surface area contributed by atoms with Crippen LogP contribution in [0.4, 0.5) is 5.82 Å². The molecule has 0 fully saturated rings. The van der Waals surface area contributed by atoms with Gasteiger partial charge in [-0.05, 0) is 25.1 Å². The van der Waals surface area contributed by atoms with Crippen LogP contribution < -0.4 is 5.32 Å². The zero-order chi connectivity index (χ0) is 17.6. The Kier molecular flexibility index (Phi) is 5.37. The van der Waals surface area contributed by atoms with Gasteiger partial charge >= 0.3 is 0 Å². The molecule has 1 N–H and O–H groups in total. The number of carbonyl (C=O) groups excluding carboxylic acids is 1. The molecule has 0 unspecified atom stereocenters. The lowest BCUT2D eigenvalue weighted by molar-refractivity contribution is -0.121. The minimum atomic E-state index is -0.252. The van der Waals surface area contributed by atoms with E-state index in [0.29, 0.717) is 24.8 Å². The van der Waals surface area contributed by atoms with Crippen molar-refractivity contribution in [2.45, 2.75) is 6.92 Å². The number of anilines is 1. The van der Waals surface area contributed by atoms with Gasteiger partial charge in [-0.3, -0.25) is 4.79 Å². The molecule has 7 nitrogen and oxygen atoms in total. The van der Waals surface area contributed by atoms with Crippen LogP contribution in [-0.4, -0.2) is 47.6 Å². The number of aromatic nitrogens is 3. The molecule has 0 aliphatic carbocycles. The quantitative estimate of drug-likeness (QED) is 0.668. The fourth-order valence-corrected chi connectivity index (χ4v) is 2.42. The number of nitrogens with zero attached hydrogens (tertiary/aromatic N) is 3. The van der Waals surface area contributed by atoms with E-state index < -0.39 is 0 Å². The fraction of sp³-hybridized carbons (Fsp3) is 0.278. The average Bonchev–Trinajstić information content (AvgIpc) is 2.98. The lowest BCUT2D eigenvalue weighted by Gasteiger charge is -2.09. The summed E-state index contributed by atoms with van der Waals surface area (Å²) < 4.78 is 11.7. The Morgan fingerprint density at radius 3 is 2.88 bits per heavy atom. The molecular formula is C18H20N4O3. The molecule has 7 heteroatoms. The number of para-hydroxylation sites is 1. The van der Waals surface area contributed by atoms with Crippen LogP contribution in [0.2, 0.25) is 0 Å². The van der Waals surface area contributed by atoms with E-state index in [0.717, 1.165) is 16.6 Å². The number of methoxy groups -OCH3 is 1. The smallest absolute Gasteiger partial charge is 0.251 e. The van der Waals surface area contributed by atoms with Gasteiger partial charge in [-0.25, -0.2) is 4.98 Å². The summed E-state index contributed by atoms with van der Waals surface area (Å²) in [5.41, 5.74) is 1.65. The van der Waals surface area contributed by atoms with Crippen LogP contribution in [0.25, 0.3) is 16.7 Å². The van der Waals surface area contributed by atoms with E-state index >= 15 is 0 Å². The van der Waals surface area contributed by atoms with Crippen molar-refractivity contribution in [1.82, 2.24) is 14.8 Å². The summed E-state index contributed by atoms with van der Waals surface area (Å²) in [5.74, 6) is 0.945. The molecule has 1 amide bonds. The zero-order valence-electron chi connectivity index (χ0n) is 14.2. The minimum absolute atomic E-state index is 0.0429. The lowest BCUT2D eigenvalue weighted by atomic mass is 10.2. The van der Waals surface area contributed by atoms with E-state index in [1.165, 1.54) is 0 Å². The number of hydrogen-bond donors (Lipinski definition) is 1. The highest BCUT2D eigenvalue weighted by molar-refractivity contribution is 5.91. The maximum atomic E-state index is 12.0. The Hall–Kier alpha value is -2.77. The molecular weight excluding hydrogens is 320 g/mol. The summed E-state index contributed by atoms with van der Waals surface area (Å²) in [7, 11) is 1.58. The summed E-state index contributed by atoms with van der Waals surface area (Å²) in [6, 6.07) is 13.5. The van der Waals surface area contributed by atoms with Gasteiger partial charge in [0.2, 0.25) is 0 Å². The van der Waals surface area contributed by atoms with E-state index in [-0.39, 0.29) is 12.5 Å². The predicted octanol–water partition coefficient (Wildman–Crippen LogP) is 2.33. The van der Waals surface area contributed by atoms with E-state index in [4.69, 9.17) is 9.47 Å². The number of hydrogen-bond acceptors (Lipinski definition) is 5. The van der Waals surface area contributed by atoms with Crippen LogP contribution >= 0.6 is 0 Å². The molecule has 0 saturated carbocycles. The average molecular weight is 340 g/mol. The topological polar surface area (TPSA) is 78.3 Å². The van der Waals surface area contributed by atoms with Crippen molar-refractivity contribution in [1.29, 1.82) is 0 Å². The summed E-state index contributed by atoms with van der Waals surface area (Å²) in [6.07, 6.45) is 0. The number of rotatable bonds is 7. The number of ether oxygens (including phenoxy) is 2. The highest BCUT2D eigenvalue weighted by Crippen LogP contribution is 2.19. The number of pyridine rings is 1. The standard InChI is InChI=1S/C18H20N4O3/c1-13-11-17(20-18(23)12-25-10-9-24-2)22(21-13)16-8-7-14-5-3-4-6-15(14)19-16/h3-8,11H,9-10,12H2,1-2H3,(H,20,23).